The van der Waals surface area contributed by atoms with E-state index in [2.05, 4.69) is 0 Å². The van der Waals surface area contributed by atoms with Gasteiger partial charge < -0.3 is 14.7 Å². The molecule has 2 saturated heterocycles. The van der Waals surface area contributed by atoms with Gasteiger partial charge in [-0.1, -0.05) is 42.5 Å². The molecule has 2 aromatic rings. The van der Waals surface area contributed by atoms with Gasteiger partial charge in [0.1, 0.15) is 11.1 Å². The van der Waals surface area contributed by atoms with E-state index in [1.165, 1.54) is 22.3 Å². The number of amides is 1. The van der Waals surface area contributed by atoms with Crippen molar-refractivity contribution in [3.63, 3.8) is 0 Å². The molecule has 0 unspecified atom stereocenters. The van der Waals surface area contributed by atoms with Gasteiger partial charge in [-0.15, -0.1) is 0 Å². The Balaban J connectivity index is 1.61. The highest BCUT2D eigenvalue weighted by molar-refractivity contribution is 7.89. The average molecular weight is 505 g/mol. The minimum Gasteiger partial charge on any atom is -0.465 e. The molecule has 0 radical (unpaired) electrons. The number of nitrogens with zero attached hydrogens (tertiary/aromatic N) is 2. The van der Waals surface area contributed by atoms with Crippen LogP contribution in [0.2, 0.25) is 0 Å². The standard InChI is InChI=1S/C26H33FN2O5S/c1-19-8-11-24(20-6-4-3-5-7-20)35(32,33)29(19)17-21-9-10-22(16-23(21)27)26(12-14-34-15-13-26)18-28(2)25(30)31/h3-7,9-10,16,19,24H,8,11-15,17-18H2,1-2H3,(H,30,31)/t19-,24+/m0/s1. The van der Waals surface area contributed by atoms with Crippen molar-refractivity contribution < 1.29 is 27.4 Å². The van der Waals surface area contributed by atoms with Crippen molar-refractivity contribution in [1.82, 2.24) is 9.21 Å². The van der Waals surface area contributed by atoms with Gasteiger partial charge in [0.15, 0.2) is 0 Å². The molecule has 4 rings (SSSR count). The van der Waals surface area contributed by atoms with E-state index < -0.39 is 32.6 Å². The lowest BCUT2D eigenvalue weighted by Gasteiger charge is -2.40. The van der Waals surface area contributed by atoms with Crippen LogP contribution in [0.5, 0.6) is 0 Å². The molecule has 0 aliphatic carbocycles. The first-order valence-corrected chi connectivity index (χ1v) is 13.5. The molecular formula is C26H33FN2O5S. The molecule has 2 aromatic carbocycles. The number of benzene rings is 2. The van der Waals surface area contributed by atoms with Crippen LogP contribution in [0.25, 0.3) is 0 Å². The maximum atomic E-state index is 15.4. The maximum Gasteiger partial charge on any atom is 0.407 e. The largest absolute Gasteiger partial charge is 0.465 e. The molecule has 2 aliphatic rings. The molecule has 1 N–H and O–H groups in total. The van der Waals surface area contributed by atoms with Crippen molar-refractivity contribution in [2.24, 2.45) is 0 Å². The summed E-state index contributed by atoms with van der Waals surface area (Å²) in [4.78, 5) is 12.7. The summed E-state index contributed by atoms with van der Waals surface area (Å²) in [5.74, 6) is -0.476. The van der Waals surface area contributed by atoms with Crippen molar-refractivity contribution in [3.8, 4) is 0 Å². The fourth-order valence-corrected chi connectivity index (χ4v) is 7.53. The van der Waals surface area contributed by atoms with Gasteiger partial charge in [0, 0.05) is 50.4 Å². The highest BCUT2D eigenvalue weighted by atomic mass is 32.2. The average Bonchev–Trinajstić information content (AvgIpc) is 2.83. The van der Waals surface area contributed by atoms with Crippen LogP contribution in [0, 0.1) is 5.82 Å². The fourth-order valence-electron chi connectivity index (χ4n) is 5.35. The first-order chi connectivity index (χ1) is 16.6. The Bertz CT molecular complexity index is 1150. The minimum absolute atomic E-state index is 0.0376. The Kier molecular flexibility index (Phi) is 7.49. The number of halogens is 1. The van der Waals surface area contributed by atoms with Crippen LogP contribution < -0.4 is 0 Å². The Morgan fingerprint density at radius 1 is 1.17 bits per heavy atom. The van der Waals surface area contributed by atoms with Crippen molar-refractivity contribution in [2.75, 3.05) is 26.8 Å². The minimum atomic E-state index is -3.67. The first kappa shape index (κ1) is 25.6. The number of sulfonamides is 1. The number of carbonyl (C=O) groups is 1. The monoisotopic (exact) mass is 504 g/mol. The summed E-state index contributed by atoms with van der Waals surface area (Å²) in [5, 5.41) is 8.75. The SMILES string of the molecule is C[C@H]1CC[C@H](c2ccccc2)S(=O)(=O)N1Cc1ccc(C2(CN(C)C(=O)O)CCOCC2)cc1F. The second-order valence-corrected chi connectivity index (χ2v) is 11.8. The lowest BCUT2D eigenvalue weighted by atomic mass is 9.73. The summed E-state index contributed by atoms with van der Waals surface area (Å²) in [6, 6.07) is 13.9. The molecule has 0 bridgehead atoms. The summed E-state index contributed by atoms with van der Waals surface area (Å²) >= 11 is 0. The second-order valence-electron chi connectivity index (χ2n) is 9.75. The molecule has 190 valence electrons. The van der Waals surface area contributed by atoms with E-state index in [-0.39, 0.29) is 19.1 Å². The molecule has 1 amide bonds. The Labute approximate surface area is 206 Å². The highest BCUT2D eigenvalue weighted by Crippen LogP contribution is 2.39. The van der Waals surface area contributed by atoms with E-state index in [9.17, 15) is 18.3 Å². The molecule has 2 atom stereocenters. The van der Waals surface area contributed by atoms with Crippen molar-refractivity contribution >= 4 is 16.1 Å². The number of carboxylic acid groups (broad SMARTS) is 1. The van der Waals surface area contributed by atoms with Gasteiger partial charge in [-0.05, 0) is 49.8 Å². The van der Waals surface area contributed by atoms with Crippen LogP contribution in [0.3, 0.4) is 0 Å². The molecule has 7 nitrogen and oxygen atoms in total. The van der Waals surface area contributed by atoms with Crippen LogP contribution in [0.4, 0.5) is 9.18 Å². The van der Waals surface area contributed by atoms with E-state index in [0.717, 1.165) is 5.56 Å². The zero-order valence-corrected chi connectivity index (χ0v) is 21.0. The highest BCUT2D eigenvalue weighted by Gasteiger charge is 2.41. The molecule has 0 aromatic heterocycles. The molecule has 2 fully saturated rings. The molecular weight excluding hydrogens is 471 g/mol. The topological polar surface area (TPSA) is 87.2 Å². The van der Waals surface area contributed by atoms with E-state index in [0.29, 0.717) is 50.0 Å². The number of ether oxygens (including phenoxy) is 1. The van der Waals surface area contributed by atoms with Crippen LogP contribution in [-0.2, 0) is 26.7 Å². The predicted molar refractivity (Wildman–Crippen MR) is 131 cm³/mol. The first-order valence-electron chi connectivity index (χ1n) is 12.0. The van der Waals surface area contributed by atoms with Crippen LogP contribution >= 0.6 is 0 Å². The predicted octanol–water partition coefficient (Wildman–Crippen LogP) is 4.54. The van der Waals surface area contributed by atoms with Gasteiger partial charge in [0.2, 0.25) is 10.0 Å². The van der Waals surface area contributed by atoms with Gasteiger partial charge in [-0.3, -0.25) is 0 Å². The number of rotatable bonds is 6. The van der Waals surface area contributed by atoms with Crippen molar-refractivity contribution in [3.05, 3.63) is 71.0 Å². The lowest BCUT2D eigenvalue weighted by molar-refractivity contribution is 0.0374. The Morgan fingerprint density at radius 3 is 2.49 bits per heavy atom. The Hall–Kier alpha value is -2.49. The molecule has 0 saturated carbocycles. The number of hydrogen-bond acceptors (Lipinski definition) is 4. The second kappa shape index (κ2) is 10.2. The summed E-state index contributed by atoms with van der Waals surface area (Å²) in [7, 11) is -2.16. The van der Waals surface area contributed by atoms with E-state index >= 15 is 4.39 Å². The van der Waals surface area contributed by atoms with Gasteiger partial charge in [-0.25, -0.2) is 17.6 Å². The summed E-state index contributed by atoms with van der Waals surface area (Å²) < 4.78 is 49.4. The number of hydrogen-bond donors (Lipinski definition) is 1. The van der Waals surface area contributed by atoms with Gasteiger partial charge in [0.25, 0.3) is 0 Å². The van der Waals surface area contributed by atoms with E-state index in [4.69, 9.17) is 4.74 Å². The molecule has 0 spiro atoms. The lowest BCUT2D eigenvalue weighted by Crippen LogP contribution is -2.45. The zero-order valence-electron chi connectivity index (χ0n) is 20.2. The van der Waals surface area contributed by atoms with Crippen molar-refractivity contribution in [1.29, 1.82) is 0 Å². The molecule has 2 heterocycles. The van der Waals surface area contributed by atoms with Gasteiger partial charge in [-0.2, -0.15) is 4.31 Å². The van der Waals surface area contributed by atoms with Crippen molar-refractivity contribution in [2.45, 2.75) is 55.9 Å². The fraction of sp³-hybridized carbons (Fsp3) is 0.500. The van der Waals surface area contributed by atoms with Crippen LogP contribution in [0.1, 0.15) is 54.5 Å². The van der Waals surface area contributed by atoms with E-state index in [1.54, 1.807) is 6.07 Å². The smallest absolute Gasteiger partial charge is 0.407 e. The quantitative estimate of drug-likeness (QED) is 0.624. The molecule has 2 aliphatic heterocycles. The summed E-state index contributed by atoms with van der Waals surface area (Å²) in [5.41, 5.74) is 1.23. The molecule has 35 heavy (non-hydrogen) atoms. The third kappa shape index (κ3) is 5.22. The number of likely N-dealkylation sites (N-methyl/N-ethyl adjacent to an activating group) is 1. The van der Waals surface area contributed by atoms with Gasteiger partial charge >= 0.3 is 6.09 Å². The summed E-state index contributed by atoms with van der Waals surface area (Å²) in [6.07, 6.45) is 1.36. The van der Waals surface area contributed by atoms with E-state index in [1.807, 2.05) is 43.3 Å². The van der Waals surface area contributed by atoms with Crippen LogP contribution in [0.15, 0.2) is 48.5 Å². The van der Waals surface area contributed by atoms with Crippen LogP contribution in [-0.4, -0.2) is 61.7 Å². The normalized spacial score (nSPS) is 24.1. The summed E-state index contributed by atoms with van der Waals surface area (Å²) in [6.45, 7) is 3.01. The third-order valence-corrected chi connectivity index (χ3v) is 9.87. The van der Waals surface area contributed by atoms with Gasteiger partial charge in [0.05, 0.1) is 0 Å². The zero-order chi connectivity index (χ0) is 25.2. The third-order valence-electron chi connectivity index (χ3n) is 7.50. The Morgan fingerprint density at radius 2 is 1.86 bits per heavy atom. The molecule has 9 heteroatoms. The maximum absolute atomic E-state index is 15.4.